The Labute approximate surface area is 104 Å². The largest absolute Gasteiger partial charge is 0.493 e. The number of hydrogen-bond donors (Lipinski definition) is 1. The summed E-state index contributed by atoms with van der Waals surface area (Å²) in [6.45, 7) is 2.43. The SMILES string of the molecule is CCOc1cc(-c2nnn(C)n2)c(N)cc1OC. The summed E-state index contributed by atoms with van der Waals surface area (Å²) in [7, 11) is 3.26. The number of methoxy groups -OCH3 is 1. The van der Waals surface area contributed by atoms with E-state index in [-0.39, 0.29) is 0 Å². The van der Waals surface area contributed by atoms with Crippen LogP contribution in [0.1, 0.15) is 6.92 Å². The highest BCUT2D eigenvalue weighted by molar-refractivity contribution is 5.75. The molecule has 2 N–H and O–H groups in total. The molecule has 1 aromatic carbocycles. The molecule has 0 saturated carbocycles. The number of rotatable bonds is 4. The highest BCUT2D eigenvalue weighted by Gasteiger charge is 2.14. The summed E-state index contributed by atoms with van der Waals surface area (Å²) in [4.78, 5) is 1.37. The second kappa shape index (κ2) is 4.91. The lowest BCUT2D eigenvalue weighted by Crippen LogP contribution is -1.99. The second-order valence-electron chi connectivity index (χ2n) is 3.63. The molecule has 7 nitrogen and oxygen atoms in total. The van der Waals surface area contributed by atoms with Gasteiger partial charge in [-0.25, -0.2) is 0 Å². The molecule has 96 valence electrons. The number of aryl methyl sites for hydroxylation is 1. The zero-order valence-corrected chi connectivity index (χ0v) is 10.5. The van der Waals surface area contributed by atoms with Crippen LogP contribution in [0.3, 0.4) is 0 Å². The topological polar surface area (TPSA) is 88.1 Å². The lowest BCUT2D eigenvalue weighted by Gasteiger charge is -2.11. The predicted molar refractivity (Wildman–Crippen MR) is 66.4 cm³/mol. The molecule has 1 heterocycles. The van der Waals surface area contributed by atoms with Crippen molar-refractivity contribution in [2.45, 2.75) is 6.92 Å². The summed E-state index contributed by atoms with van der Waals surface area (Å²) in [6.07, 6.45) is 0. The molecule has 0 unspecified atom stereocenters. The van der Waals surface area contributed by atoms with Crippen LogP contribution in [0.4, 0.5) is 5.69 Å². The van der Waals surface area contributed by atoms with Crippen LogP contribution in [0.2, 0.25) is 0 Å². The highest BCUT2D eigenvalue weighted by Crippen LogP contribution is 2.35. The summed E-state index contributed by atoms with van der Waals surface area (Å²) >= 11 is 0. The summed E-state index contributed by atoms with van der Waals surface area (Å²) in [5.74, 6) is 1.65. The molecule has 0 aliphatic carbocycles. The highest BCUT2D eigenvalue weighted by atomic mass is 16.5. The van der Waals surface area contributed by atoms with Gasteiger partial charge in [-0.2, -0.15) is 4.80 Å². The van der Waals surface area contributed by atoms with E-state index in [9.17, 15) is 0 Å². The maximum Gasteiger partial charge on any atom is 0.207 e. The van der Waals surface area contributed by atoms with Crippen LogP contribution >= 0.6 is 0 Å². The van der Waals surface area contributed by atoms with Gasteiger partial charge in [0.1, 0.15) is 0 Å². The maximum absolute atomic E-state index is 5.95. The van der Waals surface area contributed by atoms with Crippen molar-refractivity contribution < 1.29 is 9.47 Å². The molecule has 0 radical (unpaired) electrons. The van der Waals surface area contributed by atoms with E-state index < -0.39 is 0 Å². The molecule has 7 heteroatoms. The van der Waals surface area contributed by atoms with Gasteiger partial charge in [-0.3, -0.25) is 0 Å². The smallest absolute Gasteiger partial charge is 0.207 e. The number of hydrogen-bond acceptors (Lipinski definition) is 6. The van der Waals surface area contributed by atoms with Gasteiger partial charge >= 0.3 is 0 Å². The Morgan fingerprint density at radius 1 is 1.33 bits per heavy atom. The summed E-state index contributed by atoms with van der Waals surface area (Å²) in [6, 6.07) is 3.45. The standard InChI is InChI=1S/C11H15N5O2/c1-4-18-10-5-7(8(12)6-9(10)17-3)11-13-15-16(2)14-11/h5-6H,4,12H2,1-3H3. The third-order valence-electron chi connectivity index (χ3n) is 2.38. The van der Waals surface area contributed by atoms with Crippen LogP contribution in [0.15, 0.2) is 12.1 Å². The van der Waals surface area contributed by atoms with Crippen molar-refractivity contribution in [1.29, 1.82) is 0 Å². The van der Waals surface area contributed by atoms with Crippen LogP contribution < -0.4 is 15.2 Å². The third-order valence-corrected chi connectivity index (χ3v) is 2.38. The van der Waals surface area contributed by atoms with E-state index in [1.807, 2.05) is 6.92 Å². The van der Waals surface area contributed by atoms with Crippen molar-refractivity contribution in [3.05, 3.63) is 12.1 Å². The molecule has 0 spiro atoms. The molecule has 0 bridgehead atoms. The van der Waals surface area contributed by atoms with Gasteiger partial charge in [-0.05, 0) is 18.2 Å². The lowest BCUT2D eigenvalue weighted by molar-refractivity contribution is 0.311. The minimum absolute atomic E-state index is 0.457. The molecule has 18 heavy (non-hydrogen) atoms. The monoisotopic (exact) mass is 249 g/mol. The number of nitrogens with zero attached hydrogens (tertiary/aromatic N) is 4. The number of ether oxygens (including phenoxy) is 2. The van der Waals surface area contributed by atoms with E-state index in [4.69, 9.17) is 15.2 Å². The minimum Gasteiger partial charge on any atom is -0.493 e. The average molecular weight is 249 g/mol. The fraction of sp³-hybridized carbons (Fsp3) is 0.364. The van der Waals surface area contributed by atoms with Crippen molar-refractivity contribution >= 4 is 5.69 Å². The lowest BCUT2D eigenvalue weighted by atomic mass is 10.1. The predicted octanol–water partition coefficient (Wildman–Crippen LogP) is 0.867. The van der Waals surface area contributed by atoms with Crippen molar-refractivity contribution in [2.75, 3.05) is 19.5 Å². The first-order chi connectivity index (χ1) is 8.65. The molecular weight excluding hydrogens is 234 g/mol. The zero-order valence-electron chi connectivity index (χ0n) is 10.5. The molecule has 0 atom stereocenters. The van der Waals surface area contributed by atoms with E-state index in [1.165, 1.54) is 4.80 Å². The Morgan fingerprint density at radius 2 is 2.11 bits per heavy atom. The molecule has 0 amide bonds. The van der Waals surface area contributed by atoms with E-state index >= 15 is 0 Å². The molecular formula is C11H15N5O2. The first-order valence-electron chi connectivity index (χ1n) is 5.50. The zero-order chi connectivity index (χ0) is 13.1. The summed E-state index contributed by atoms with van der Waals surface area (Å²) in [5, 5.41) is 11.8. The van der Waals surface area contributed by atoms with Gasteiger partial charge in [0, 0.05) is 17.3 Å². The molecule has 1 aromatic heterocycles. The number of benzene rings is 1. The van der Waals surface area contributed by atoms with Gasteiger partial charge in [-0.15, -0.1) is 10.2 Å². The molecule has 0 aliphatic rings. The van der Waals surface area contributed by atoms with Crippen LogP contribution in [0.5, 0.6) is 11.5 Å². The van der Waals surface area contributed by atoms with Crippen LogP contribution in [0.25, 0.3) is 11.4 Å². The minimum atomic E-state index is 0.457. The Kier molecular flexibility index (Phi) is 3.31. The molecule has 0 saturated heterocycles. The molecule has 0 aliphatic heterocycles. The van der Waals surface area contributed by atoms with Crippen molar-refractivity contribution in [1.82, 2.24) is 20.2 Å². The van der Waals surface area contributed by atoms with Gasteiger partial charge in [0.15, 0.2) is 11.5 Å². The van der Waals surface area contributed by atoms with Gasteiger partial charge in [0.05, 0.1) is 20.8 Å². The van der Waals surface area contributed by atoms with Gasteiger partial charge in [0.2, 0.25) is 5.82 Å². The Bertz CT molecular complexity index is 552. The van der Waals surface area contributed by atoms with Gasteiger partial charge in [-0.1, -0.05) is 0 Å². The van der Waals surface area contributed by atoms with Gasteiger partial charge in [0.25, 0.3) is 0 Å². The summed E-state index contributed by atoms with van der Waals surface area (Å²) < 4.78 is 10.7. The quantitative estimate of drug-likeness (QED) is 0.809. The van der Waals surface area contributed by atoms with Gasteiger partial charge < -0.3 is 15.2 Å². The van der Waals surface area contributed by atoms with Crippen LogP contribution in [-0.4, -0.2) is 33.9 Å². The van der Waals surface area contributed by atoms with E-state index in [0.717, 1.165) is 0 Å². The third kappa shape index (κ3) is 2.20. The van der Waals surface area contributed by atoms with Crippen molar-refractivity contribution in [3.8, 4) is 22.9 Å². The number of aromatic nitrogens is 4. The second-order valence-corrected chi connectivity index (χ2v) is 3.63. The first-order valence-corrected chi connectivity index (χ1v) is 5.50. The Hall–Kier alpha value is -2.31. The van der Waals surface area contributed by atoms with Crippen molar-refractivity contribution in [3.63, 3.8) is 0 Å². The molecule has 0 fully saturated rings. The maximum atomic E-state index is 5.95. The Balaban J connectivity index is 2.50. The number of nitrogens with two attached hydrogens (primary N) is 1. The molecule has 2 aromatic rings. The normalized spacial score (nSPS) is 10.4. The summed E-state index contributed by atoms with van der Waals surface area (Å²) in [5.41, 5.74) is 7.14. The van der Waals surface area contributed by atoms with E-state index in [2.05, 4.69) is 15.4 Å². The fourth-order valence-corrected chi connectivity index (χ4v) is 1.59. The van der Waals surface area contributed by atoms with E-state index in [0.29, 0.717) is 35.2 Å². The fourth-order valence-electron chi connectivity index (χ4n) is 1.59. The number of anilines is 1. The molecule has 2 rings (SSSR count). The number of tetrazole rings is 1. The van der Waals surface area contributed by atoms with Crippen molar-refractivity contribution in [2.24, 2.45) is 7.05 Å². The first kappa shape index (κ1) is 12.2. The van der Waals surface area contributed by atoms with E-state index in [1.54, 1.807) is 26.3 Å². The number of nitrogen functional groups attached to an aromatic ring is 1. The average Bonchev–Trinajstić information content (AvgIpc) is 2.77. The Morgan fingerprint density at radius 3 is 2.67 bits per heavy atom. The van der Waals surface area contributed by atoms with Crippen LogP contribution in [-0.2, 0) is 7.05 Å². The van der Waals surface area contributed by atoms with Crippen LogP contribution in [0, 0.1) is 0 Å².